The first-order chi connectivity index (χ1) is 11.1. The minimum absolute atomic E-state index is 0.0231. The number of ether oxygens (including phenoxy) is 3. The van der Waals surface area contributed by atoms with Crippen molar-refractivity contribution >= 4 is 22.9 Å². The van der Waals surface area contributed by atoms with Crippen LogP contribution in [0, 0.1) is 0 Å². The van der Waals surface area contributed by atoms with Crippen LogP contribution in [0.2, 0.25) is 0 Å². The summed E-state index contributed by atoms with van der Waals surface area (Å²) in [4.78, 5) is 24.2. The predicted molar refractivity (Wildman–Crippen MR) is 94.6 cm³/mol. The molecule has 0 bridgehead atoms. The second-order valence-corrected chi connectivity index (χ2v) is 10.3. The maximum Gasteiger partial charge on any atom is 0.337 e. The van der Waals surface area contributed by atoms with Gasteiger partial charge in [-0.3, -0.25) is 4.79 Å². The standard InChI is InChI=1S/C17H29NO6S/c1-15(2,3)24-14(20)12(18-25(21)16(4,5)6)9-11-10-13(19)23-17(7,8)22-11/h10,12,18H,9H2,1-8H3/t12-,25?/m1/s1. The van der Waals surface area contributed by atoms with Crippen molar-refractivity contribution in [2.45, 2.75) is 84.0 Å². The van der Waals surface area contributed by atoms with Gasteiger partial charge >= 0.3 is 11.9 Å². The molecule has 25 heavy (non-hydrogen) atoms. The second kappa shape index (κ2) is 7.45. The molecule has 0 aromatic rings. The van der Waals surface area contributed by atoms with Crippen molar-refractivity contribution in [3.63, 3.8) is 0 Å². The predicted octanol–water partition coefficient (Wildman–Crippen LogP) is 2.33. The van der Waals surface area contributed by atoms with Crippen LogP contribution in [0.15, 0.2) is 11.8 Å². The van der Waals surface area contributed by atoms with E-state index in [1.54, 1.807) is 55.4 Å². The average molecular weight is 375 g/mol. The quantitative estimate of drug-likeness (QED) is 0.742. The number of hydrogen-bond donors (Lipinski definition) is 1. The third-order valence-electron chi connectivity index (χ3n) is 2.90. The normalized spacial score (nSPS) is 20.0. The highest BCUT2D eigenvalue weighted by Gasteiger charge is 2.35. The number of hydrogen-bond acceptors (Lipinski definition) is 6. The first-order valence-corrected chi connectivity index (χ1v) is 9.27. The average Bonchev–Trinajstić information content (AvgIpc) is 2.31. The Morgan fingerprint density at radius 2 is 1.80 bits per heavy atom. The lowest BCUT2D eigenvalue weighted by Crippen LogP contribution is -2.47. The fourth-order valence-electron chi connectivity index (χ4n) is 1.92. The van der Waals surface area contributed by atoms with Crippen molar-refractivity contribution < 1.29 is 28.0 Å². The largest absolute Gasteiger partial charge is 0.459 e. The third-order valence-corrected chi connectivity index (χ3v) is 4.52. The summed E-state index contributed by atoms with van der Waals surface area (Å²) in [5.74, 6) is -1.96. The number of cyclic esters (lactones) is 1. The van der Waals surface area contributed by atoms with Crippen LogP contribution in [-0.4, -0.2) is 38.3 Å². The van der Waals surface area contributed by atoms with Crippen molar-refractivity contribution in [2.24, 2.45) is 0 Å². The zero-order chi connectivity index (χ0) is 19.6. The van der Waals surface area contributed by atoms with E-state index in [2.05, 4.69) is 4.72 Å². The SMILES string of the molecule is CC(C)(C)OC(=O)[C@@H](CC1=CC(=O)OC(C)(C)O1)NS(=O)C(C)(C)C. The van der Waals surface area contributed by atoms with Crippen molar-refractivity contribution in [3.05, 3.63) is 11.8 Å². The van der Waals surface area contributed by atoms with E-state index in [1.807, 2.05) is 0 Å². The maximum atomic E-state index is 12.5. The highest BCUT2D eigenvalue weighted by Crippen LogP contribution is 2.26. The molecule has 0 fully saturated rings. The van der Waals surface area contributed by atoms with Gasteiger partial charge in [0.2, 0.25) is 5.79 Å². The van der Waals surface area contributed by atoms with Crippen LogP contribution in [0.3, 0.4) is 0 Å². The van der Waals surface area contributed by atoms with Crippen LogP contribution in [0.1, 0.15) is 61.8 Å². The molecule has 0 radical (unpaired) electrons. The minimum Gasteiger partial charge on any atom is -0.459 e. The molecule has 1 aliphatic rings. The molecular weight excluding hydrogens is 346 g/mol. The Morgan fingerprint density at radius 3 is 2.24 bits per heavy atom. The lowest BCUT2D eigenvalue weighted by Gasteiger charge is -2.32. The Balaban J connectivity index is 3.00. The number of carbonyl (C=O) groups is 2. The first-order valence-electron chi connectivity index (χ1n) is 8.12. The number of nitrogens with one attached hydrogen (secondary N) is 1. The Labute approximate surface area is 152 Å². The van der Waals surface area contributed by atoms with Crippen molar-refractivity contribution in [2.75, 3.05) is 0 Å². The Morgan fingerprint density at radius 1 is 1.24 bits per heavy atom. The van der Waals surface area contributed by atoms with Gasteiger partial charge in [-0.1, -0.05) is 0 Å². The number of rotatable bonds is 5. The number of carbonyl (C=O) groups excluding carboxylic acids is 2. The highest BCUT2D eigenvalue weighted by atomic mass is 32.2. The summed E-state index contributed by atoms with van der Waals surface area (Å²) in [6, 6.07) is -0.924. The van der Waals surface area contributed by atoms with Crippen molar-refractivity contribution in [1.82, 2.24) is 4.72 Å². The summed E-state index contributed by atoms with van der Waals surface area (Å²) in [7, 11) is -1.50. The molecule has 7 nitrogen and oxygen atoms in total. The molecule has 0 saturated heterocycles. The van der Waals surface area contributed by atoms with E-state index in [1.165, 1.54) is 6.08 Å². The molecule has 0 aromatic carbocycles. The summed E-state index contributed by atoms with van der Waals surface area (Å²) in [5, 5.41) is 0. The summed E-state index contributed by atoms with van der Waals surface area (Å²) >= 11 is 0. The Hall–Kier alpha value is -1.41. The summed E-state index contributed by atoms with van der Waals surface area (Å²) in [6.45, 7) is 13.8. The molecular formula is C17H29NO6S. The first kappa shape index (κ1) is 21.6. The van der Waals surface area contributed by atoms with E-state index in [4.69, 9.17) is 14.2 Å². The molecule has 0 aliphatic carbocycles. The molecule has 1 N–H and O–H groups in total. The summed E-state index contributed by atoms with van der Waals surface area (Å²) in [5.41, 5.74) is -0.694. The molecule has 8 heteroatoms. The van der Waals surface area contributed by atoms with Gasteiger partial charge in [0.15, 0.2) is 0 Å². The van der Waals surface area contributed by atoms with Gasteiger partial charge in [0.1, 0.15) is 17.4 Å². The number of esters is 2. The molecule has 0 spiro atoms. The van der Waals surface area contributed by atoms with Gasteiger partial charge in [-0.05, 0) is 41.5 Å². The molecule has 1 heterocycles. The van der Waals surface area contributed by atoms with Crippen molar-refractivity contribution in [1.29, 1.82) is 0 Å². The van der Waals surface area contributed by atoms with Gasteiger partial charge in [-0.25, -0.2) is 13.7 Å². The van der Waals surface area contributed by atoms with Gasteiger partial charge in [0, 0.05) is 20.3 Å². The molecule has 0 saturated carbocycles. The van der Waals surface area contributed by atoms with Crippen molar-refractivity contribution in [3.8, 4) is 0 Å². The van der Waals surface area contributed by atoms with E-state index < -0.39 is 45.1 Å². The Kier molecular flexibility index (Phi) is 6.45. The van der Waals surface area contributed by atoms with Crippen LogP contribution >= 0.6 is 0 Å². The van der Waals surface area contributed by atoms with E-state index in [0.717, 1.165) is 0 Å². The van der Waals surface area contributed by atoms with Gasteiger partial charge in [-0.15, -0.1) is 0 Å². The van der Waals surface area contributed by atoms with E-state index in [9.17, 15) is 13.8 Å². The molecule has 0 amide bonds. The topological polar surface area (TPSA) is 90.9 Å². The van der Waals surface area contributed by atoms with Crippen LogP contribution in [0.25, 0.3) is 0 Å². The third kappa shape index (κ3) is 7.56. The van der Waals surface area contributed by atoms with Gasteiger partial charge in [0.05, 0.1) is 21.8 Å². The van der Waals surface area contributed by atoms with E-state index in [0.29, 0.717) is 0 Å². The van der Waals surface area contributed by atoms with Crippen LogP contribution < -0.4 is 4.72 Å². The molecule has 1 rings (SSSR count). The smallest absolute Gasteiger partial charge is 0.337 e. The maximum absolute atomic E-state index is 12.5. The van der Waals surface area contributed by atoms with Crippen LogP contribution in [0.5, 0.6) is 0 Å². The lowest BCUT2D eigenvalue weighted by molar-refractivity contribution is -0.206. The van der Waals surface area contributed by atoms with E-state index in [-0.39, 0.29) is 12.2 Å². The second-order valence-electron chi connectivity index (χ2n) is 8.32. The van der Waals surface area contributed by atoms with Gasteiger partial charge < -0.3 is 14.2 Å². The Bertz CT molecular complexity index is 583. The lowest BCUT2D eigenvalue weighted by atomic mass is 10.1. The van der Waals surface area contributed by atoms with Gasteiger partial charge in [-0.2, -0.15) is 0 Å². The fourth-order valence-corrected chi connectivity index (χ4v) is 2.71. The van der Waals surface area contributed by atoms with Crippen LogP contribution in [-0.2, 0) is 34.8 Å². The summed E-state index contributed by atoms with van der Waals surface area (Å²) < 4.78 is 30.7. The highest BCUT2D eigenvalue weighted by molar-refractivity contribution is 7.84. The zero-order valence-electron chi connectivity index (χ0n) is 16.2. The summed E-state index contributed by atoms with van der Waals surface area (Å²) in [6.07, 6.45) is 1.21. The fraction of sp³-hybridized carbons (Fsp3) is 0.765. The molecule has 1 unspecified atom stereocenters. The van der Waals surface area contributed by atoms with E-state index >= 15 is 0 Å². The minimum atomic E-state index is -1.50. The molecule has 0 aromatic heterocycles. The molecule has 144 valence electrons. The molecule has 1 aliphatic heterocycles. The van der Waals surface area contributed by atoms with Crippen LogP contribution in [0.4, 0.5) is 0 Å². The monoisotopic (exact) mass is 375 g/mol. The molecule has 2 atom stereocenters. The zero-order valence-corrected chi connectivity index (χ0v) is 17.0. The van der Waals surface area contributed by atoms with Gasteiger partial charge in [0.25, 0.3) is 0 Å².